The van der Waals surface area contributed by atoms with E-state index in [1.807, 2.05) is 30.5 Å². The van der Waals surface area contributed by atoms with E-state index in [4.69, 9.17) is 0 Å². The van der Waals surface area contributed by atoms with Crippen LogP contribution >= 0.6 is 0 Å². The van der Waals surface area contributed by atoms with Crippen molar-refractivity contribution in [3.05, 3.63) is 102 Å². The number of nitrogens with zero attached hydrogens (tertiary/aromatic N) is 2. The Morgan fingerprint density at radius 2 is 1.70 bits per heavy atom. The van der Waals surface area contributed by atoms with Crippen LogP contribution in [0.25, 0.3) is 10.9 Å². The highest BCUT2D eigenvalue weighted by molar-refractivity contribution is 5.92. The van der Waals surface area contributed by atoms with Crippen molar-refractivity contribution < 1.29 is 27.2 Å². The summed E-state index contributed by atoms with van der Waals surface area (Å²) in [5.74, 6) is -0.741. The number of fused-ring (bicyclic) bond motifs is 1. The molecule has 1 heterocycles. The summed E-state index contributed by atoms with van der Waals surface area (Å²) in [6, 6.07) is 16.9. The summed E-state index contributed by atoms with van der Waals surface area (Å²) in [6.45, 7) is 3.67. The number of halogens is 4. The van der Waals surface area contributed by atoms with Gasteiger partial charge in [-0.3, -0.25) is 4.79 Å². The van der Waals surface area contributed by atoms with E-state index in [1.165, 1.54) is 29.2 Å². The zero-order chi connectivity index (χ0) is 28.9. The maximum Gasteiger partial charge on any atom is 0.416 e. The van der Waals surface area contributed by atoms with Crippen molar-refractivity contribution in [1.29, 1.82) is 0 Å². The van der Waals surface area contributed by atoms with Gasteiger partial charge in [-0.15, -0.1) is 0 Å². The number of hydrogen-bond donors (Lipinski definition) is 2. The number of anilines is 1. The highest BCUT2D eigenvalue weighted by atomic mass is 19.4. The fourth-order valence-corrected chi connectivity index (χ4v) is 4.40. The van der Waals surface area contributed by atoms with Crippen LogP contribution in [0.5, 0.6) is 0 Å². The van der Waals surface area contributed by atoms with E-state index in [-0.39, 0.29) is 24.7 Å². The second-order valence-corrected chi connectivity index (χ2v) is 9.78. The maximum absolute atomic E-state index is 13.6. The molecule has 4 aromatic rings. The third-order valence-corrected chi connectivity index (χ3v) is 6.60. The van der Waals surface area contributed by atoms with Crippen LogP contribution in [-0.2, 0) is 23.9 Å². The van der Waals surface area contributed by atoms with Gasteiger partial charge >= 0.3 is 12.2 Å². The van der Waals surface area contributed by atoms with E-state index in [0.29, 0.717) is 13.0 Å². The first-order valence-electron chi connectivity index (χ1n) is 12.8. The maximum atomic E-state index is 13.6. The molecule has 0 aliphatic heterocycles. The Balaban J connectivity index is 1.51. The van der Waals surface area contributed by atoms with Gasteiger partial charge in [0.05, 0.1) is 5.56 Å². The van der Waals surface area contributed by atoms with Gasteiger partial charge in [-0.1, -0.05) is 36.4 Å². The average Bonchev–Trinajstić information content (AvgIpc) is 3.33. The Kier molecular flexibility index (Phi) is 8.77. The minimum absolute atomic E-state index is 0.0274. The Labute approximate surface area is 229 Å². The first kappa shape index (κ1) is 28.7. The van der Waals surface area contributed by atoms with Gasteiger partial charge in [0.1, 0.15) is 12.4 Å². The Hall–Kier alpha value is -4.34. The molecule has 0 fully saturated rings. The van der Waals surface area contributed by atoms with Crippen molar-refractivity contribution >= 4 is 28.5 Å². The van der Waals surface area contributed by atoms with Gasteiger partial charge in [0.2, 0.25) is 5.91 Å². The molecule has 0 aliphatic rings. The highest BCUT2D eigenvalue weighted by Gasteiger charge is 2.31. The van der Waals surface area contributed by atoms with Gasteiger partial charge in [0, 0.05) is 41.9 Å². The van der Waals surface area contributed by atoms with E-state index in [2.05, 4.69) is 10.3 Å². The number of H-pyrrole nitrogens is 1. The van der Waals surface area contributed by atoms with Crippen LogP contribution in [0, 0.1) is 5.82 Å². The molecule has 0 saturated carbocycles. The fourth-order valence-electron chi connectivity index (χ4n) is 4.40. The number of para-hydroxylation sites is 1. The number of aromatic amines is 1. The van der Waals surface area contributed by atoms with Gasteiger partial charge in [-0.2, -0.15) is 13.2 Å². The number of benzene rings is 3. The van der Waals surface area contributed by atoms with E-state index in [0.717, 1.165) is 34.2 Å². The van der Waals surface area contributed by atoms with Gasteiger partial charge in [0.25, 0.3) is 0 Å². The van der Waals surface area contributed by atoms with Crippen LogP contribution in [0.1, 0.15) is 30.5 Å². The third kappa shape index (κ3) is 7.19. The van der Waals surface area contributed by atoms with Crippen molar-refractivity contribution in [2.45, 2.75) is 39.0 Å². The van der Waals surface area contributed by atoms with Gasteiger partial charge in [-0.25, -0.2) is 9.18 Å². The Morgan fingerprint density at radius 3 is 2.40 bits per heavy atom. The first-order chi connectivity index (χ1) is 19.0. The monoisotopic (exact) mass is 554 g/mol. The zero-order valence-corrected chi connectivity index (χ0v) is 22.1. The topological polar surface area (TPSA) is 68.4 Å². The molecule has 0 saturated heterocycles. The largest absolute Gasteiger partial charge is 0.416 e. The lowest BCUT2D eigenvalue weighted by atomic mass is 10.1. The standard InChI is InChI=1S/C30H30F4N4O2/c1-20(2)38(29(40)36-25-7-5-6-23(16-25)30(32,33)34)19-28(39)37(18-21-10-12-24(31)13-11-21)15-14-22-17-35-27-9-4-3-8-26(22)27/h3-13,16-17,20,35H,14-15,18-19H2,1-2H3,(H,36,40). The molecule has 0 bridgehead atoms. The van der Waals surface area contributed by atoms with Crippen LogP contribution in [-0.4, -0.2) is 45.9 Å². The molecule has 0 spiro atoms. The number of amides is 3. The van der Waals surface area contributed by atoms with Crippen molar-refractivity contribution in [3.63, 3.8) is 0 Å². The minimum Gasteiger partial charge on any atom is -0.361 e. The van der Waals surface area contributed by atoms with Gasteiger partial charge < -0.3 is 20.1 Å². The number of hydrogen-bond acceptors (Lipinski definition) is 2. The van der Waals surface area contributed by atoms with E-state index in [9.17, 15) is 27.2 Å². The van der Waals surface area contributed by atoms with Crippen LogP contribution in [0.4, 0.5) is 28.0 Å². The smallest absolute Gasteiger partial charge is 0.361 e. The van der Waals surface area contributed by atoms with Crippen LogP contribution in [0.15, 0.2) is 79.0 Å². The molecule has 1 aromatic heterocycles. The first-order valence-corrected chi connectivity index (χ1v) is 12.8. The van der Waals surface area contributed by atoms with Crippen molar-refractivity contribution in [2.75, 3.05) is 18.4 Å². The molecule has 0 atom stereocenters. The molecule has 40 heavy (non-hydrogen) atoms. The lowest BCUT2D eigenvalue weighted by Gasteiger charge is -2.30. The highest BCUT2D eigenvalue weighted by Crippen LogP contribution is 2.30. The summed E-state index contributed by atoms with van der Waals surface area (Å²) in [7, 11) is 0. The average molecular weight is 555 g/mol. The zero-order valence-electron chi connectivity index (χ0n) is 22.1. The molecule has 10 heteroatoms. The summed E-state index contributed by atoms with van der Waals surface area (Å²) < 4.78 is 52.8. The van der Waals surface area contributed by atoms with E-state index in [1.54, 1.807) is 30.9 Å². The number of alkyl halides is 3. The summed E-state index contributed by atoms with van der Waals surface area (Å²) >= 11 is 0. The summed E-state index contributed by atoms with van der Waals surface area (Å²) in [5.41, 5.74) is 1.81. The number of carbonyl (C=O) groups is 2. The van der Waals surface area contributed by atoms with E-state index >= 15 is 0 Å². The van der Waals surface area contributed by atoms with Crippen molar-refractivity contribution in [3.8, 4) is 0 Å². The second kappa shape index (κ2) is 12.2. The fraction of sp³-hybridized carbons (Fsp3) is 0.267. The van der Waals surface area contributed by atoms with E-state index < -0.39 is 29.6 Å². The van der Waals surface area contributed by atoms with Crippen LogP contribution in [0.3, 0.4) is 0 Å². The Bertz CT molecular complexity index is 1460. The quantitative estimate of drug-likeness (QED) is 0.223. The second-order valence-electron chi connectivity index (χ2n) is 9.78. The molecule has 3 amide bonds. The molecule has 0 unspecified atom stereocenters. The normalized spacial score (nSPS) is 11.6. The van der Waals surface area contributed by atoms with Gasteiger partial charge in [0.15, 0.2) is 0 Å². The molecule has 210 valence electrons. The Morgan fingerprint density at radius 1 is 0.975 bits per heavy atom. The number of rotatable bonds is 9. The molecular formula is C30H30F4N4O2. The molecule has 3 aromatic carbocycles. The third-order valence-electron chi connectivity index (χ3n) is 6.60. The predicted octanol–water partition coefficient (Wildman–Crippen LogP) is 6.84. The molecule has 4 rings (SSSR count). The lowest BCUT2D eigenvalue weighted by molar-refractivity contribution is -0.137. The van der Waals surface area contributed by atoms with Crippen molar-refractivity contribution in [1.82, 2.24) is 14.8 Å². The molecule has 0 radical (unpaired) electrons. The molecule has 6 nitrogen and oxygen atoms in total. The summed E-state index contributed by atoms with van der Waals surface area (Å²) in [4.78, 5) is 32.7. The molecular weight excluding hydrogens is 524 g/mol. The SMILES string of the molecule is CC(C)N(CC(=O)N(CCc1c[nH]c2ccccc12)Cc1ccc(F)cc1)C(=O)Nc1cccc(C(F)(F)F)c1. The number of urea groups is 1. The lowest BCUT2D eigenvalue weighted by Crippen LogP contribution is -2.47. The number of carbonyl (C=O) groups excluding carboxylic acids is 2. The number of aromatic nitrogens is 1. The van der Waals surface area contributed by atoms with Crippen molar-refractivity contribution in [2.24, 2.45) is 0 Å². The van der Waals surface area contributed by atoms with Gasteiger partial charge in [-0.05, 0) is 67.8 Å². The summed E-state index contributed by atoms with van der Waals surface area (Å²) in [5, 5.41) is 3.52. The van der Waals surface area contributed by atoms with Crippen LogP contribution < -0.4 is 5.32 Å². The minimum atomic E-state index is -4.56. The molecule has 2 N–H and O–H groups in total. The number of nitrogens with one attached hydrogen (secondary N) is 2. The predicted molar refractivity (Wildman–Crippen MR) is 146 cm³/mol. The summed E-state index contributed by atoms with van der Waals surface area (Å²) in [6.07, 6.45) is -2.12. The molecule has 0 aliphatic carbocycles. The van der Waals surface area contributed by atoms with Crippen LogP contribution in [0.2, 0.25) is 0 Å².